The summed E-state index contributed by atoms with van der Waals surface area (Å²) < 4.78 is 2.02. The van der Waals surface area contributed by atoms with Crippen molar-refractivity contribution in [3.05, 3.63) is 96.8 Å². The summed E-state index contributed by atoms with van der Waals surface area (Å²) in [6.45, 7) is 1.96. The van der Waals surface area contributed by atoms with Gasteiger partial charge in [-0.2, -0.15) is 0 Å². The summed E-state index contributed by atoms with van der Waals surface area (Å²) in [5.41, 5.74) is 11.6. The molecule has 0 aliphatic rings. The number of imidazole rings is 1. The molecule has 0 saturated carbocycles. The van der Waals surface area contributed by atoms with Gasteiger partial charge in [0.15, 0.2) is 0 Å². The summed E-state index contributed by atoms with van der Waals surface area (Å²) in [5.74, 6) is -0.437. The molecule has 5 aromatic rings. The minimum Gasteiger partial charge on any atom is -0.366 e. The number of carbonyl (C=O) groups excluding carboxylic acids is 1. The van der Waals surface area contributed by atoms with Crippen molar-refractivity contribution in [2.24, 2.45) is 5.73 Å². The van der Waals surface area contributed by atoms with Crippen LogP contribution in [-0.2, 0) is 0 Å². The first kappa shape index (κ1) is 18.7. The zero-order valence-corrected chi connectivity index (χ0v) is 16.9. The molecule has 6 heteroatoms. The number of hydrogen-bond acceptors (Lipinski definition) is 4. The maximum absolute atomic E-state index is 11.5. The van der Waals surface area contributed by atoms with Gasteiger partial charge in [0.1, 0.15) is 0 Å². The number of primary amides is 1. The van der Waals surface area contributed by atoms with Gasteiger partial charge < -0.3 is 10.3 Å². The molecule has 150 valence electrons. The third-order valence-electron chi connectivity index (χ3n) is 5.39. The SMILES string of the molecule is Cc1cc(C(N)=O)ccc1-c1nccc2c(-n3cnc(-c4ccncc4)c3)cccc12. The first-order valence-electron chi connectivity index (χ1n) is 9.85. The number of benzene rings is 2. The van der Waals surface area contributed by atoms with Gasteiger partial charge in [0.25, 0.3) is 0 Å². The average molecular weight is 405 g/mol. The lowest BCUT2D eigenvalue weighted by Gasteiger charge is -2.12. The lowest BCUT2D eigenvalue weighted by atomic mass is 9.97. The Balaban J connectivity index is 1.64. The lowest BCUT2D eigenvalue weighted by Crippen LogP contribution is -2.11. The highest BCUT2D eigenvalue weighted by Gasteiger charge is 2.13. The number of rotatable bonds is 4. The topological polar surface area (TPSA) is 86.7 Å². The Morgan fingerprint density at radius 2 is 1.77 bits per heavy atom. The van der Waals surface area contributed by atoms with E-state index >= 15 is 0 Å². The summed E-state index contributed by atoms with van der Waals surface area (Å²) in [7, 11) is 0. The number of carbonyl (C=O) groups is 1. The molecule has 2 N–H and O–H groups in total. The van der Waals surface area contributed by atoms with Crippen LogP contribution in [-0.4, -0.2) is 25.4 Å². The van der Waals surface area contributed by atoms with Crippen molar-refractivity contribution >= 4 is 16.7 Å². The molecule has 0 aliphatic heterocycles. The van der Waals surface area contributed by atoms with Crippen LogP contribution in [0.25, 0.3) is 39.0 Å². The summed E-state index contributed by atoms with van der Waals surface area (Å²) in [5, 5.41) is 2.08. The third-order valence-corrected chi connectivity index (χ3v) is 5.39. The maximum atomic E-state index is 11.5. The minimum absolute atomic E-state index is 0.437. The molecule has 0 aliphatic carbocycles. The van der Waals surface area contributed by atoms with Gasteiger partial charge in [-0.15, -0.1) is 0 Å². The molecule has 31 heavy (non-hydrogen) atoms. The van der Waals surface area contributed by atoms with Gasteiger partial charge in [0.2, 0.25) is 5.91 Å². The first-order chi connectivity index (χ1) is 15.1. The predicted molar refractivity (Wildman–Crippen MR) is 121 cm³/mol. The molecule has 0 unspecified atom stereocenters. The van der Waals surface area contributed by atoms with E-state index in [4.69, 9.17) is 5.73 Å². The Hall–Kier alpha value is -4.32. The van der Waals surface area contributed by atoms with Crippen LogP contribution >= 0.6 is 0 Å². The Morgan fingerprint density at radius 3 is 2.55 bits per heavy atom. The van der Waals surface area contributed by atoms with Gasteiger partial charge in [0.05, 0.1) is 23.4 Å². The number of amides is 1. The number of fused-ring (bicyclic) bond motifs is 1. The van der Waals surface area contributed by atoms with Gasteiger partial charge in [-0.25, -0.2) is 4.98 Å². The van der Waals surface area contributed by atoms with E-state index in [9.17, 15) is 4.79 Å². The van der Waals surface area contributed by atoms with Crippen molar-refractivity contribution < 1.29 is 4.79 Å². The molecule has 6 nitrogen and oxygen atoms in total. The molecule has 0 fully saturated rings. The highest BCUT2D eigenvalue weighted by molar-refractivity contribution is 6.00. The predicted octanol–water partition coefficient (Wildman–Crippen LogP) is 4.56. The van der Waals surface area contributed by atoms with E-state index in [-0.39, 0.29) is 0 Å². The van der Waals surface area contributed by atoms with Crippen molar-refractivity contribution in [2.45, 2.75) is 6.92 Å². The highest BCUT2D eigenvalue weighted by atomic mass is 16.1. The second-order valence-corrected chi connectivity index (χ2v) is 7.33. The Bertz CT molecular complexity index is 1420. The van der Waals surface area contributed by atoms with Crippen molar-refractivity contribution in [2.75, 3.05) is 0 Å². The zero-order valence-electron chi connectivity index (χ0n) is 16.9. The largest absolute Gasteiger partial charge is 0.366 e. The van der Waals surface area contributed by atoms with Gasteiger partial charge in [0, 0.05) is 52.3 Å². The molecule has 0 spiro atoms. The second kappa shape index (κ2) is 7.50. The van der Waals surface area contributed by atoms with Crippen LogP contribution in [0.5, 0.6) is 0 Å². The summed E-state index contributed by atoms with van der Waals surface area (Å²) in [6, 6.07) is 17.5. The van der Waals surface area contributed by atoms with Crippen molar-refractivity contribution in [3.8, 4) is 28.2 Å². The molecule has 1 amide bonds. The van der Waals surface area contributed by atoms with E-state index in [1.165, 1.54) is 0 Å². The Labute approximate surface area is 179 Å². The molecule has 5 rings (SSSR count). The van der Waals surface area contributed by atoms with E-state index in [2.05, 4.69) is 27.1 Å². The Kier molecular flexibility index (Phi) is 4.52. The maximum Gasteiger partial charge on any atom is 0.248 e. The van der Waals surface area contributed by atoms with Crippen molar-refractivity contribution in [1.29, 1.82) is 0 Å². The number of aryl methyl sites for hydroxylation is 1. The lowest BCUT2D eigenvalue weighted by molar-refractivity contribution is 0.1000. The van der Waals surface area contributed by atoms with Crippen LogP contribution in [0.15, 0.2) is 85.7 Å². The summed E-state index contributed by atoms with van der Waals surface area (Å²) >= 11 is 0. The third kappa shape index (κ3) is 3.34. The Morgan fingerprint density at radius 1 is 0.935 bits per heavy atom. The van der Waals surface area contributed by atoms with Crippen molar-refractivity contribution in [3.63, 3.8) is 0 Å². The van der Waals surface area contributed by atoms with Crippen LogP contribution in [0, 0.1) is 6.92 Å². The number of pyridine rings is 2. The van der Waals surface area contributed by atoms with Gasteiger partial charge in [-0.3, -0.25) is 14.8 Å². The standard InChI is InChI=1S/C25H19N5O/c1-16-13-18(25(26)31)5-6-19(16)24-21-3-2-4-23(20(21)9-12-28-24)30-14-22(29-15-30)17-7-10-27-11-8-17/h2-15H,1H3,(H2,26,31). The summed E-state index contributed by atoms with van der Waals surface area (Å²) in [6.07, 6.45) is 9.16. The van der Waals surface area contributed by atoms with E-state index in [0.29, 0.717) is 5.56 Å². The minimum atomic E-state index is -0.437. The molecule has 0 atom stereocenters. The number of nitrogens with zero attached hydrogens (tertiary/aromatic N) is 4. The van der Waals surface area contributed by atoms with Crippen LogP contribution in [0.4, 0.5) is 0 Å². The average Bonchev–Trinajstić information content (AvgIpc) is 3.29. The molecule has 3 aromatic heterocycles. The smallest absolute Gasteiger partial charge is 0.248 e. The van der Waals surface area contributed by atoms with Crippen LogP contribution < -0.4 is 5.73 Å². The van der Waals surface area contributed by atoms with E-state index in [1.54, 1.807) is 24.5 Å². The summed E-state index contributed by atoms with van der Waals surface area (Å²) in [4.78, 5) is 24.8. The number of nitrogens with two attached hydrogens (primary N) is 1. The van der Waals surface area contributed by atoms with E-state index in [1.807, 2.05) is 60.5 Å². The van der Waals surface area contributed by atoms with Gasteiger partial charge in [-0.1, -0.05) is 18.2 Å². The molecule has 2 aromatic carbocycles. The normalized spacial score (nSPS) is 11.0. The molecule has 0 radical (unpaired) electrons. The molecule has 0 saturated heterocycles. The van der Waals surface area contributed by atoms with Crippen LogP contribution in [0.2, 0.25) is 0 Å². The number of aromatic nitrogens is 4. The fourth-order valence-corrected chi connectivity index (χ4v) is 3.84. The fraction of sp³-hybridized carbons (Fsp3) is 0.0400. The highest BCUT2D eigenvalue weighted by Crippen LogP contribution is 2.32. The quantitative estimate of drug-likeness (QED) is 0.475. The molecule has 3 heterocycles. The van der Waals surface area contributed by atoms with Gasteiger partial charge in [-0.05, 0) is 48.9 Å². The van der Waals surface area contributed by atoms with Crippen LogP contribution in [0.3, 0.4) is 0 Å². The van der Waals surface area contributed by atoms with Crippen molar-refractivity contribution in [1.82, 2.24) is 19.5 Å². The van der Waals surface area contributed by atoms with E-state index in [0.717, 1.165) is 44.5 Å². The molecule has 0 bridgehead atoms. The fourth-order valence-electron chi connectivity index (χ4n) is 3.84. The van der Waals surface area contributed by atoms with Gasteiger partial charge >= 0.3 is 0 Å². The van der Waals surface area contributed by atoms with Crippen LogP contribution in [0.1, 0.15) is 15.9 Å². The molecular formula is C25H19N5O. The van der Waals surface area contributed by atoms with E-state index < -0.39 is 5.91 Å². The second-order valence-electron chi connectivity index (χ2n) is 7.33. The number of hydrogen-bond donors (Lipinski definition) is 1. The molecular weight excluding hydrogens is 386 g/mol. The monoisotopic (exact) mass is 405 g/mol. The first-order valence-corrected chi connectivity index (χ1v) is 9.85. The zero-order chi connectivity index (χ0) is 21.4.